The van der Waals surface area contributed by atoms with Crippen molar-refractivity contribution in [2.24, 2.45) is 5.92 Å². The number of halogens is 3. The fraction of sp³-hybridized carbons (Fsp3) is 0.227. The summed E-state index contributed by atoms with van der Waals surface area (Å²) in [5.74, 6) is -0.570. The van der Waals surface area contributed by atoms with Gasteiger partial charge in [-0.2, -0.15) is 13.2 Å². The van der Waals surface area contributed by atoms with Crippen molar-refractivity contribution in [2.75, 3.05) is 7.11 Å². The van der Waals surface area contributed by atoms with Crippen LogP contribution in [0, 0.1) is 5.92 Å². The normalized spacial score (nSPS) is 20.9. The van der Waals surface area contributed by atoms with Gasteiger partial charge in [-0.05, 0) is 17.2 Å². The third kappa shape index (κ3) is 3.72. The average molecular weight is 398 g/mol. The number of aromatic nitrogens is 2. The van der Waals surface area contributed by atoms with Crippen molar-refractivity contribution in [3.63, 3.8) is 0 Å². The fourth-order valence-electron chi connectivity index (χ4n) is 3.75. The van der Waals surface area contributed by atoms with Crippen molar-refractivity contribution in [2.45, 2.75) is 18.0 Å². The molecule has 0 N–H and O–H groups in total. The summed E-state index contributed by atoms with van der Waals surface area (Å²) in [6.07, 6.45) is -3.43. The monoisotopic (exact) mass is 398 g/mol. The highest BCUT2D eigenvalue weighted by atomic mass is 19.4. The number of rotatable bonds is 4. The summed E-state index contributed by atoms with van der Waals surface area (Å²) >= 11 is 0. The Balaban J connectivity index is 1.61. The summed E-state index contributed by atoms with van der Waals surface area (Å²) in [7, 11) is 1.37. The molecule has 0 aliphatic heterocycles. The van der Waals surface area contributed by atoms with Crippen LogP contribution in [0.4, 0.5) is 13.2 Å². The summed E-state index contributed by atoms with van der Waals surface area (Å²) < 4.78 is 43.6. The number of alkyl halides is 3. The molecule has 1 aliphatic carbocycles. The standard InChI is InChI=1S/C22H17F3N2O2/c1-29-21(28)19-17(13-5-3-2-4-6-13)18(19)14-7-9-15(10-8-14)20-26-12-11-16(27-20)22(23,24)25/h2-12,17-19H,1H3. The van der Waals surface area contributed by atoms with Crippen LogP contribution in [0.1, 0.15) is 28.7 Å². The van der Waals surface area contributed by atoms with E-state index in [4.69, 9.17) is 4.74 Å². The molecule has 1 fully saturated rings. The van der Waals surface area contributed by atoms with E-state index >= 15 is 0 Å². The maximum atomic E-state index is 12.9. The molecule has 3 atom stereocenters. The molecule has 1 aliphatic rings. The minimum Gasteiger partial charge on any atom is -0.469 e. The molecule has 0 radical (unpaired) electrons. The number of hydrogen-bond donors (Lipinski definition) is 0. The molecule has 29 heavy (non-hydrogen) atoms. The van der Waals surface area contributed by atoms with Crippen LogP contribution in [0.15, 0.2) is 66.9 Å². The SMILES string of the molecule is COC(=O)C1C(c2ccccc2)C1c1ccc(-c2nccc(C(F)(F)F)n2)cc1. The number of nitrogens with zero attached hydrogens (tertiary/aromatic N) is 2. The Morgan fingerprint density at radius 1 is 0.931 bits per heavy atom. The summed E-state index contributed by atoms with van der Waals surface area (Å²) in [5, 5.41) is 0. The van der Waals surface area contributed by atoms with Gasteiger partial charge in [0.15, 0.2) is 5.82 Å². The summed E-state index contributed by atoms with van der Waals surface area (Å²) in [4.78, 5) is 19.8. The Labute approximate surface area is 165 Å². The number of ether oxygens (including phenoxy) is 1. The van der Waals surface area contributed by atoms with Crippen molar-refractivity contribution in [3.05, 3.63) is 83.7 Å². The van der Waals surface area contributed by atoms with E-state index in [1.165, 1.54) is 7.11 Å². The van der Waals surface area contributed by atoms with Gasteiger partial charge in [-0.25, -0.2) is 9.97 Å². The average Bonchev–Trinajstić information content (AvgIpc) is 3.49. The summed E-state index contributed by atoms with van der Waals surface area (Å²) in [5.41, 5.74) is 1.47. The van der Waals surface area contributed by atoms with Crippen molar-refractivity contribution in [1.29, 1.82) is 0 Å². The largest absolute Gasteiger partial charge is 0.469 e. The first-order valence-corrected chi connectivity index (χ1v) is 9.03. The lowest BCUT2D eigenvalue weighted by Crippen LogP contribution is -2.09. The van der Waals surface area contributed by atoms with E-state index in [2.05, 4.69) is 9.97 Å². The topological polar surface area (TPSA) is 52.1 Å². The van der Waals surface area contributed by atoms with E-state index in [0.717, 1.165) is 23.4 Å². The molecule has 2 aromatic carbocycles. The van der Waals surface area contributed by atoms with Gasteiger partial charge in [0.05, 0.1) is 13.0 Å². The highest BCUT2D eigenvalue weighted by Gasteiger charge is 2.56. The maximum Gasteiger partial charge on any atom is 0.433 e. The Hall–Kier alpha value is -3.22. The molecular formula is C22H17F3N2O2. The number of carbonyl (C=O) groups is 1. The third-order valence-electron chi connectivity index (χ3n) is 5.18. The molecule has 4 rings (SSSR count). The number of carbonyl (C=O) groups excluding carboxylic acids is 1. The van der Waals surface area contributed by atoms with Crippen LogP contribution < -0.4 is 0 Å². The van der Waals surface area contributed by atoms with Gasteiger partial charge in [0.25, 0.3) is 0 Å². The van der Waals surface area contributed by atoms with Gasteiger partial charge in [-0.1, -0.05) is 54.6 Å². The lowest BCUT2D eigenvalue weighted by molar-refractivity contribution is -0.142. The van der Waals surface area contributed by atoms with E-state index in [0.29, 0.717) is 5.56 Å². The predicted molar refractivity (Wildman–Crippen MR) is 99.9 cm³/mol. The zero-order chi connectivity index (χ0) is 20.6. The summed E-state index contributed by atoms with van der Waals surface area (Å²) in [6.45, 7) is 0. The van der Waals surface area contributed by atoms with Crippen molar-refractivity contribution >= 4 is 5.97 Å². The molecule has 0 spiro atoms. The first-order chi connectivity index (χ1) is 13.9. The highest BCUT2D eigenvalue weighted by Crippen LogP contribution is 2.60. The van der Waals surface area contributed by atoms with Crippen LogP contribution in [-0.4, -0.2) is 23.0 Å². The van der Waals surface area contributed by atoms with E-state index in [1.807, 2.05) is 42.5 Å². The first-order valence-electron chi connectivity index (χ1n) is 9.03. The van der Waals surface area contributed by atoms with E-state index in [1.54, 1.807) is 12.1 Å². The van der Waals surface area contributed by atoms with Crippen LogP contribution >= 0.6 is 0 Å². The molecule has 3 unspecified atom stereocenters. The number of esters is 1. The first kappa shape index (κ1) is 19.1. The van der Waals surface area contributed by atoms with Crippen LogP contribution in [0.25, 0.3) is 11.4 Å². The van der Waals surface area contributed by atoms with Crippen molar-refractivity contribution in [3.8, 4) is 11.4 Å². The van der Waals surface area contributed by atoms with Gasteiger partial charge in [0.1, 0.15) is 5.69 Å². The van der Waals surface area contributed by atoms with Gasteiger partial charge in [0, 0.05) is 23.6 Å². The second-order valence-corrected chi connectivity index (χ2v) is 6.90. The molecule has 1 aromatic heterocycles. The smallest absolute Gasteiger partial charge is 0.433 e. The Morgan fingerprint density at radius 3 is 2.14 bits per heavy atom. The van der Waals surface area contributed by atoms with Crippen molar-refractivity contribution < 1.29 is 22.7 Å². The minimum absolute atomic E-state index is 0.00583. The third-order valence-corrected chi connectivity index (χ3v) is 5.18. The molecule has 1 heterocycles. The number of methoxy groups -OCH3 is 1. The van der Waals surface area contributed by atoms with Crippen LogP contribution in [0.2, 0.25) is 0 Å². The molecule has 7 heteroatoms. The molecule has 0 saturated heterocycles. The number of benzene rings is 2. The van der Waals surface area contributed by atoms with Crippen LogP contribution in [-0.2, 0) is 15.7 Å². The molecule has 4 nitrogen and oxygen atoms in total. The van der Waals surface area contributed by atoms with E-state index in [9.17, 15) is 18.0 Å². The molecule has 0 amide bonds. The second-order valence-electron chi connectivity index (χ2n) is 6.90. The Morgan fingerprint density at radius 2 is 1.55 bits per heavy atom. The second kappa shape index (κ2) is 7.31. The number of hydrogen-bond acceptors (Lipinski definition) is 4. The molecule has 148 valence electrons. The predicted octanol–water partition coefficient (Wildman–Crippen LogP) is 4.83. The molecule has 0 bridgehead atoms. The highest BCUT2D eigenvalue weighted by molar-refractivity contribution is 5.80. The lowest BCUT2D eigenvalue weighted by Gasteiger charge is -2.08. The van der Waals surface area contributed by atoms with Gasteiger partial charge in [-0.3, -0.25) is 4.79 Å². The molecular weight excluding hydrogens is 381 g/mol. The van der Waals surface area contributed by atoms with Crippen molar-refractivity contribution in [1.82, 2.24) is 9.97 Å². The van der Waals surface area contributed by atoms with E-state index in [-0.39, 0.29) is 29.5 Å². The fourth-order valence-corrected chi connectivity index (χ4v) is 3.75. The van der Waals surface area contributed by atoms with Crippen LogP contribution in [0.3, 0.4) is 0 Å². The molecule has 3 aromatic rings. The quantitative estimate of drug-likeness (QED) is 0.591. The van der Waals surface area contributed by atoms with E-state index < -0.39 is 11.9 Å². The van der Waals surface area contributed by atoms with Gasteiger partial charge >= 0.3 is 12.1 Å². The minimum atomic E-state index is -4.53. The molecule has 1 saturated carbocycles. The Bertz CT molecular complexity index is 1020. The van der Waals surface area contributed by atoms with Gasteiger partial charge in [-0.15, -0.1) is 0 Å². The summed E-state index contributed by atoms with van der Waals surface area (Å²) in [6, 6.07) is 17.5. The Kier molecular flexibility index (Phi) is 4.82. The lowest BCUT2D eigenvalue weighted by atomic mass is 10.0. The van der Waals surface area contributed by atoms with Gasteiger partial charge < -0.3 is 4.74 Å². The zero-order valence-electron chi connectivity index (χ0n) is 15.4. The van der Waals surface area contributed by atoms with Gasteiger partial charge in [0.2, 0.25) is 0 Å². The van der Waals surface area contributed by atoms with Crippen LogP contribution in [0.5, 0.6) is 0 Å². The zero-order valence-corrected chi connectivity index (χ0v) is 15.4. The maximum absolute atomic E-state index is 12.9.